The van der Waals surface area contributed by atoms with Gasteiger partial charge in [0.25, 0.3) is 0 Å². The first-order valence-electron chi connectivity index (χ1n) is 7.40. The van der Waals surface area contributed by atoms with E-state index in [1.807, 2.05) is 6.20 Å². The van der Waals surface area contributed by atoms with Gasteiger partial charge in [0.15, 0.2) is 0 Å². The largest absolute Gasteiger partial charge is 0.359 e. The Morgan fingerprint density at radius 1 is 1.37 bits per heavy atom. The van der Waals surface area contributed by atoms with E-state index in [1.54, 1.807) is 0 Å². The van der Waals surface area contributed by atoms with Gasteiger partial charge in [-0.25, -0.2) is 4.98 Å². The quantitative estimate of drug-likeness (QED) is 0.774. The molecule has 0 saturated heterocycles. The molecule has 3 heteroatoms. The normalized spacial score (nSPS) is 28.9. The third-order valence-corrected chi connectivity index (χ3v) is 5.32. The van der Waals surface area contributed by atoms with Crippen LogP contribution in [-0.4, -0.2) is 18.6 Å². The number of alkyl halides is 1. The van der Waals surface area contributed by atoms with Crippen LogP contribution in [0.25, 0.3) is 0 Å². The van der Waals surface area contributed by atoms with Crippen LogP contribution in [0.5, 0.6) is 0 Å². The summed E-state index contributed by atoms with van der Waals surface area (Å²) in [6, 6.07) is 2.16. The fourth-order valence-electron chi connectivity index (χ4n) is 4.14. The number of hydrogen-bond acceptors (Lipinski definition) is 2. The summed E-state index contributed by atoms with van der Waals surface area (Å²) in [4.78, 5) is 6.94. The van der Waals surface area contributed by atoms with Gasteiger partial charge in [0.1, 0.15) is 5.82 Å². The molecule has 2 bridgehead atoms. The molecule has 0 N–H and O–H groups in total. The molecule has 0 aliphatic heterocycles. The van der Waals surface area contributed by atoms with Gasteiger partial charge in [-0.05, 0) is 61.1 Å². The van der Waals surface area contributed by atoms with Gasteiger partial charge >= 0.3 is 0 Å². The maximum Gasteiger partial charge on any atom is 0.131 e. The van der Waals surface area contributed by atoms with Crippen molar-refractivity contribution in [2.24, 2.45) is 17.8 Å². The Labute approximate surface area is 121 Å². The number of aromatic nitrogens is 1. The molecular formula is C16H23ClN2. The van der Waals surface area contributed by atoms with Gasteiger partial charge in [-0.15, -0.1) is 11.6 Å². The molecule has 3 rings (SSSR count). The molecule has 2 aliphatic rings. The third kappa shape index (κ3) is 2.60. The first-order valence-corrected chi connectivity index (χ1v) is 7.93. The number of hydrogen-bond donors (Lipinski definition) is 0. The molecule has 19 heavy (non-hydrogen) atoms. The number of halogens is 1. The van der Waals surface area contributed by atoms with Crippen LogP contribution in [0.4, 0.5) is 5.82 Å². The second-order valence-electron chi connectivity index (χ2n) is 6.43. The highest BCUT2D eigenvalue weighted by Gasteiger charge is 2.39. The summed E-state index contributed by atoms with van der Waals surface area (Å²) in [5.41, 5.74) is 2.35. The lowest BCUT2D eigenvalue weighted by atomic mass is 9.88. The fraction of sp³-hybridized carbons (Fsp3) is 0.688. The van der Waals surface area contributed by atoms with E-state index in [-0.39, 0.29) is 0 Å². The summed E-state index contributed by atoms with van der Waals surface area (Å²) >= 11 is 5.86. The maximum absolute atomic E-state index is 5.86. The minimum atomic E-state index is 0.546. The first kappa shape index (κ1) is 13.2. The van der Waals surface area contributed by atoms with Crippen molar-refractivity contribution in [3.8, 4) is 0 Å². The minimum Gasteiger partial charge on any atom is -0.359 e. The smallest absolute Gasteiger partial charge is 0.131 e. The predicted octanol–water partition coefficient (Wildman–Crippen LogP) is 4.00. The summed E-state index contributed by atoms with van der Waals surface area (Å²) in [6.45, 7) is 3.30. The molecule has 2 saturated carbocycles. The van der Waals surface area contributed by atoms with Gasteiger partial charge in [0, 0.05) is 25.7 Å². The van der Waals surface area contributed by atoms with Crippen molar-refractivity contribution >= 4 is 17.4 Å². The Bertz CT molecular complexity index is 460. The second kappa shape index (κ2) is 5.32. The van der Waals surface area contributed by atoms with Crippen molar-refractivity contribution in [2.45, 2.75) is 38.5 Å². The SMILES string of the molecule is Cc1cc(CCl)cnc1N(C)CC1CC2CCC1C2. The summed E-state index contributed by atoms with van der Waals surface area (Å²) in [7, 11) is 2.18. The Balaban J connectivity index is 1.68. The van der Waals surface area contributed by atoms with Crippen molar-refractivity contribution in [3.63, 3.8) is 0 Å². The molecule has 1 aromatic rings. The van der Waals surface area contributed by atoms with E-state index in [9.17, 15) is 0 Å². The molecule has 3 atom stereocenters. The van der Waals surface area contributed by atoms with Crippen molar-refractivity contribution in [1.29, 1.82) is 0 Å². The van der Waals surface area contributed by atoms with E-state index in [2.05, 4.69) is 29.9 Å². The Hall–Kier alpha value is -0.760. The van der Waals surface area contributed by atoms with Crippen molar-refractivity contribution in [1.82, 2.24) is 4.98 Å². The lowest BCUT2D eigenvalue weighted by Crippen LogP contribution is -2.29. The van der Waals surface area contributed by atoms with Crippen molar-refractivity contribution in [2.75, 3.05) is 18.5 Å². The van der Waals surface area contributed by atoms with Crippen LogP contribution in [0.1, 0.15) is 36.8 Å². The summed E-state index contributed by atoms with van der Waals surface area (Å²) in [5, 5.41) is 0. The van der Waals surface area contributed by atoms with E-state index in [0.717, 1.165) is 35.7 Å². The van der Waals surface area contributed by atoms with Gasteiger partial charge in [-0.2, -0.15) is 0 Å². The molecule has 0 radical (unpaired) electrons. The van der Waals surface area contributed by atoms with Crippen LogP contribution in [-0.2, 0) is 5.88 Å². The number of aryl methyl sites for hydroxylation is 1. The average Bonchev–Trinajstić information content (AvgIpc) is 3.00. The number of fused-ring (bicyclic) bond motifs is 2. The van der Waals surface area contributed by atoms with E-state index >= 15 is 0 Å². The molecule has 2 fully saturated rings. The molecule has 104 valence electrons. The molecule has 2 nitrogen and oxygen atoms in total. The van der Waals surface area contributed by atoms with Crippen LogP contribution in [0.3, 0.4) is 0 Å². The van der Waals surface area contributed by atoms with Gasteiger partial charge in [0.05, 0.1) is 0 Å². The van der Waals surface area contributed by atoms with E-state index in [1.165, 1.54) is 31.2 Å². The van der Waals surface area contributed by atoms with Crippen LogP contribution < -0.4 is 4.90 Å². The maximum atomic E-state index is 5.86. The van der Waals surface area contributed by atoms with Gasteiger partial charge in [-0.3, -0.25) is 0 Å². The van der Waals surface area contributed by atoms with Crippen LogP contribution in [0.15, 0.2) is 12.3 Å². The van der Waals surface area contributed by atoms with Crippen molar-refractivity contribution in [3.05, 3.63) is 23.4 Å². The Kier molecular flexibility index (Phi) is 3.70. The monoisotopic (exact) mass is 278 g/mol. The number of rotatable bonds is 4. The average molecular weight is 279 g/mol. The van der Waals surface area contributed by atoms with E-state index in [0.29, 0.717) is 5.88 Å². The van der Waals surface area contributed by atoms with Crippen LogP contribution in [0.2, 0.25) is 0 Å². The third-order valence-electron chi connectivity index (χ3n) is 5.02. The fourth-order valence-corrected chi connectivity index (χ4v) is 4.28. The minimum absolute atomic E-state index is 0.546. The molecule has 1 heterocycles. The summed E-state index contributed by atoms with van der Waals surface area (Å²) < 4.78 is 0. The summed E-state index contributed by atoms with van der Waals surface area (Å²) in [5.74, 6) is 4.56. The molecule has 3 unspecified atom stereocenters. The molecule has 1 aromatic heterocycles. The number of anilines is 1. The highest BCUT2D eigenvalue weighted by molar-refractivity contribution is 6.17. The standard InChI is InChI=1S/C16H23ClN2/c1-11-5-13(8-17)9-18-16(11)19(2)10-15-7-12-3-4-14(15)6-12/h5,9,12,14-15H,3-4,6-8,10H2,1-2H3. The number of pyridine rings is 1. The first-order chi connectivity index (χ1) is 9.17. The highest BCUT2D eigenvalue weighted by atomic mass is 35.5. The summed E-state index contributed by atoms with van der Waals surface area (Å²) in [6.07, 6.45) is 7.77. The lowest BCUT2D eigenvalue weighted by molar-refractivity contribution is 0.337. The Morgan fingerprint density at radius 3 is 2.79 bits per heavy atom. The van der Waals surface area contributed by atoms with Gasteiger partial charge in [0.2, 0.25) is 0 Å². The number of nitrogens with zero attached hydrogens (tertiary/aromatic N) is 2. The van der Waals surface area contributed by atoms with Crippen LogP contribution in [0, 0.1) is 24.7 Å². The molecule has 0 spiro atoms. The highest BCUT2D eigenvalue weighted by Crippen LogP contribution is 2.48. The molecule has 2 aliphatic carbocycles. The lowest BCUT2D eigenvalue weighted by Gasteiger charge is -2.28. The van der Waals surface area contributed by atoms with Crippen LogP contribution >= 0.6 is 11.6 Å². The van der Waals surface area contributed by atoms with Gasteiger partial charge in [-0.1, -0.05) is 6.42 Å². The topological polar surface area (TPSA) is 16.1 Å². The predicted molar refractivity (Wildman–Crippen MR) is 80.7 cm³/mol. The zero-order chi connectivity index (χ0) is 13.4. The van der Waals surface area contributed by atoms with E-state index in [4.69, 9.17) is 11.6 Å². The molecule has 0 amide bonds. The Morgan fingerprint density at radius 2 is 2.21 bits per heavy atom. The van der Waals surface area contributed by atoms with Gasteiger partial charge < -0.3 is 4.90 Å². The molecular weight excluding hydrogens is 256 g/mol. The van der Waals surface area contributed by atoms with Crippen molar-refractivity contribution < 1.29 is 0 Å². The zero-order valence-corrected chi connectivity index (χ0v) is 12.7. The molecule has 0 aromatic carbocycles. The zero-order valence-electron chi connectivity index (χ0n) is 11.9. The van der Waals surface area contributed by atoms with E-state index < -0.39 is 0 Å². The second-order valence-corrected chi connectivity index (χ2v) is 6.70.